The number of nitrogens with one attached hydrogen (secondary N) is 1. The van der Waals surface area contributed by atoms with E-state index in [1.54, 1.807) is 0 Å². The van der Waals surface area contributed by atoms with Crippen molar-refractivity contribution in [2.75, 3.05) is 26.2 Å². The molecule has 1 rings (SSSR count). The van der Waals surface area contributed by atoms with Gasteiger partial charge in [-0.2, -0.15) is 0 Å². The molecule has 5 nitrogen and oxygen atoms in total. The molecule has 1 heterocycles. The van der Waals surface area contributed by atoms with Gasteiger partial charge in [-0.25, -0.2) is 0 Å². The lowest BCUT2D eigenvalue weighted by Crippen LogP contribution is -2.48. The quantitative estimate of drug-likeness (QED) is 0.524. The van der Waals surface area contributed by atoms with Gasteiger partial charge in [-0.05, 0) is 45.7 Å². The van der Waals surface area contributed by atoms with Crippen LogP contribution < -0.4 is 5.32 Å². The summed E-state index contributed by atoms with van der Waals surface area (Å²) in [6.07, 6.45) is 5.57. The average molecular weight is 312 g/mol. The molecule has 0 aromatic rings. The highest BCUT2D eigenvalue weighted by molar-refractivity contribution is 5.79. The Hall–Kier alpha value is -1.10. The summed E-state index contributed by atoms with van der Waals surface area (Å²) in [5.41, 5.74) is 0. The van der Waals surface area contributed by atoms with Gasteiger partial charge in [0.2, 0.25) is 5.91 Å². The zero-order chi connectivity index (χ0) is 16.4. The molecule has 1 aliphatic heterocycles. The van der Waals surface area contributed by atoms with Gasteiger partial charge in [-0.3, -0.25) is 14.5 Å². The average Bonchev–Trinajstić information content (AvgIpc) is 2.53. The molecule has 1 amide bonds. The lowest BCUT2D eigenvalue weighted by molar-refractivity contribution is -0.150. The third-order valence-electron chi connectivity index (χ3n) is 4.29. The summed E-state index contributed by atoms with van der Waals surface area (Å²) < 4.78 is 5.19. The number of carbonyl (C=O) groups excluding carboxylic acids is 2. The van der Waals surface area contributed by atoms with Gasteiger partial charge in [0.1, 0.15) is 6.04 Å². The molecule has 0 bridgehead atoms. The zero-order valence-electron chi connectivity index (χ0n) is 14.4. The second-order valence-electron chi connectivity index (χ2n) is 6.01. The summed E-state index contributed by atoms with van der Waals surface area (Å²) in [4.78, 5) is 26.4. The van der Waals surface area contributed by atoms with Crippen molar-refractivity contribution in [1.29, 1.82) is 0 Å². The Morgan fingerprint density at radius 2 is 1.86 bits per heavy atom. The molecule has 22 heavy (non-hydrogen) atoms. The Morgan fingerprint density at radius 3 is 2.41 bits per heavy atom. The Morgan fingerprint density at radius 1 is 1.18 bits per heavy atom. The molecule has 0 aliphatic carbocycles. The first-order valence-corrected chi connectivity index (χ1v) is 8.82. The van der Waals surface area contributed by atoms with Crippen molar-refractivity contribution in [2.45, 2.75) is 65.3 Å². The van der Waals surface area contributed by atoms with Crippen LogP contribution in [0.2, 0.25) is 0 Å². The van der Waals surface area contributed by atoms with E-state index in [1.165, 1.54) is 0 Å². The highest BCUT2D eigenvalue weighted by Crippen LogP contribution is 2.21. The second kappa shape index (κ2) is 10.6. The fourth-order valence-electron chi connectivity index (χ4n) is 2.97. The molecule has 0 aromatic heterocycles. The monoisotopic (exact) mass is 312 g/mol. The predicted octanol–water partition coefficient (Wildman–Crippen LogP) is 2.35. The van der Waals surface area contributed by atoms with Crippen LogP contribution in [0.15, 0.2) is 0 Å². The predicted molar refractivity (Wildman–Crippen MR) is 87.5 cm³/mol. The van der Waals surface area contributed by atoms with Crippen molar-refractivity contribution in [3.8, 4) is 0 Å². The molecule has 1 fully saturated rings. The lowest BCUT2D eigenvalue weighted by atomic mass is 9.94. The fourth-order valence-corrected chi connectivity index (χ4v) is 2.97. The van der Waals surface area contributed by atoms with Gasteiger partial charge < -0.3 is 10.1 Å². The first-order valence-electron chi connectivity index (χ1n) is 8.82. The topological polar surface area (TPSA) is 58.6 Å². The maximum atomic E-state index is 12.1. The van der Waals surface area contributed by atoms with Crippen molar-refractivity contribution in [2.24, 2.45) is 5.92 Å². The van der Waals surface area contributed by atoms with Gasteiger partial charge in [0.15, 0.2) is 0 Å². The first kappa shape index (κ1) is 18.9. The number of rotatable bonds is 9. The molecular formula is C17H32N2O3. The van der Waals surface area contributed by atoms with Crippen LogP contribution >= 0.6 is 0 Å². The number of piperidine rings is 1. The highest BCUT2D eigenvalue weighted by Gasteiger charge is 2.32. The number of carbonyl (C=O) groups is 2. The molecule has 1 N–H and O–H groups in total. The van der Waals surface area contributed by atoms with Gasteiger partial charge >= 0.3 is 5.97 Å². The van der Waals surface area contributed by atoms with Crippen LogP contribution in [0.25, 0.3) is 0 Å². The van der Waals surface area contributed by atoms with Gasteiger partial charge in [-0.1, -0.05) is 26.7 Å². The maximum Gasteiger partial charge on any atom is 0.323 e. The van der Waals surface area contributed by atoms with Crippen LogP contribution in [0.4, 0.5) is 0 Å². The molecule has 1 atom stereocenters. The molecule has 0 radical (unpaired) electrons. The van der Waals surface area contributed by atoms with E-state index in [0.29, 0.717) is 6.61 Å². The third kappa shape index (κ3) is 5.95. The van der Waals surface area contributed by atoms with Crippen LogP contribution in [-0.2, 0) is 14.3 Å². The van der Waals surface area contributed by atoms with Crippen molar-refractivity contribution in [3.63, 3.8) is 0 Å². The minimum atomic E-state index is -0.144. The Kier molecular flexibility index (Phi) is 9.13. The Balaban J connectivity index is 2.44. The molecule has 0 unspecified atom stereocenters. The van der Waals surface area contributed by atoms with Crippen LogP contribution in [-0.4, -0.2) is 49.1 Å². The van der Waals surface area contributed by atoms with Crippen molar-refractivity contribution < 1.29 is 14.3 Å². The van der Waals surface area contributed by atoms with Crippen LogP contribution in [0.3, 0.4) is 0 Å². The van der Waals surface area contributed by atoms with Crippen LogP contribution in [0.5, 0.6) is 0 Å². The number of hydrogen-bond donors (Lipinski definition) is 1. The summed E-state index contributed by atoms with van der Waals surface area (Å²) in [5.74, 6) is 0.157. The number of hydrogen-bond acceptors (Lipinski definition) is 4. The van der Waals surface area contributed by atoms with Gasteiger partial charge in [0.05, 0.1) is 6.61 Å². The van der Waals surface area contributed by atoms with E-state index in [-0.39, 0.29) is 23.8 Å². The van der Waals surface area contributed by atoms with Gasteiger partial charge in [0, 0.05) is 12.5 Å². The number of nitrogens with zero attached hydrogens (tertiary/aromatic N) is 1. The van der Waals surface area contributed by atoms with Gasteiger partial charge in [-0.15, -0.1) is 0 Å². The van der Waals surface area contributed by atoms with Crippen molar-refractivity contribution in [3.05, 3.63) is 0 Å². The normalized spacial score (nSPS) is 18.0. The molecule has 5 heteroatoms. The second-order valence-corrected chi connectivity index (χ2v) is 6.01. The van der Waals surface area contributed by atoms with Crippen molar-refractivity contribution >= 4 is 11.9 Å². The van der Waals surface area contributed by atoms with Crippen molar-refractivity contribution in [1.82, 2.24) is 10.2 Å². The summed E-state index contributed by atoms with van der Waals surface area (Å²) in [5, 5.41) is 3.02. The van der Waals surface area contributed by atoms with E-state index in [1.807, 2.05) is 6.92 Å². The van der Waals surface area contributed by atoms with E-state index in [4.69, 9.17) is 4.74 Å². The molecule has 0 aromatic carbocycles. The standard InChI is InChI=1S/C17H32N2O3/c1-4-7-11-18-16(20)14-9-12-19(13-10-14)15(8-5-2)17(21)22-6-3/h14-15H,4-13H2,1-3H3,(H,18,20)/t15-/m1/s1. The maximum absolute atomic E-state index is 12.1. The highest BCUT2D eigenvalue weighted by atomic mass is 16.5. The Labute approximate surface area is 134 Å². The summed E-state index contributed by atoms with van der Waals surface area (Å²) >= 11 is 0. The van der Waals surface area contributed by atoms with Crippen LogP contribution in [0.1, 0.15) is 59.3 Å². The number of likely N-dealkylation sites (tertiary alicyclic amines) is 1. The van der Waals surface area contributed by atoms with E-state index in [2.05, 4.69) is 24.1 Å². The first-order chi connectivity index (χ1) is 10.6. The fraction of sp³-hybridized carbons (Fsp3) is 0.882. The number of amides is 1. The lowest BCUT2D eigenvalue weighted by Gasteiger charge is -2.35. The SMILES string of the molecule is CCCCNC(=O)C1CCN([C@H](CCC)C(=O)OCC)CC1. The summed E-state index contributed by atoms with van der Waals surface area (Å²) in [6.45, 7) is 8.85. The molecule has 128 valence electrons. The van der Waals surface area contributed by atoms with Gasteiger partial charge in [0.25, 0.3) is 0 Å². The number of unbranched alkanes of at least 4 members (excludes halogenated alkanes) is 1. The Bertz CT molecular complexity index is 339. The molecular weight excluding hydrogens is 280 g/mol. The van der Waals surface area contributed by atoms with E-state index in [0.717, 1.165) is 58.2 Å². The number of esters is 1. The van der Waals surface area contributed by atoms with E-state index < -0.39 is 0 Å². The molecule has 0 saturated carbocycles. The van der Waals surface area contributed by atoms with E-state index in [9.17, 15) is 9.59 Å². The minimum absolute atomic E-state index is 0.0950. The third-order valence-corrected chi connectivity index (χ3v) is 4.29. The van der Waals surface area contributed by atoms with E-state index >= 15 is 0 Å². The molecule has 1 saturated heterocycles. The molecule has 0 spiro atoms. The largest absolute Gasteiger partial charge is 0.465 e. The van der Waals surface area contributed by atoms with Crippen LogP contribution in [0, 0.1) is 5.92 Å². The summed E-state index contributed by atoms with van der Waals surface area (Å²) in [7, 11) is 0. The summed E-state index contributed by atoms with van der Waals surface area (Å²) in [6, 6.07) is -0.144. The smallest absolute Gasteiger partial charge is 0.323 e. The zero-order valence-corrected chi connectivity index (χ0v) is 14.4. The number of ether oxygens (including phenoxy) is 1. The molecule has 1 aliphatic rings. The minimum Gasteiger partial charge on any atom is -0.465 e.